The van der Waals surface area contributed by atoms with E-state index in [0.29, 0.717) is 0 Å². The number of allylic oxidation sites excluding steroid dienone is 10. The zero-order valence-electron chi connectivity index (χ0n) is 25.7. The van der Waals surface area contributed by atoms with Crippen LogP contribution < -0.4 is 10.4 Å². The van der Waals surface area contributed by atoms with Gasteiger partial charge in [0.2, 0.25) is 0 Å². The van der Waals surface area contributed by atoms with Crippen LogP contribution in [0.3, 0.4) is 0 Å². The molecule has 0 spiro atoms. The Morgan fingerprint density at radius 1 is 0.650 bits per heavy atom. The molecule has 0 unspecified atom stereocenters. The van der Waals surface area contributed by atoms with Crippen LogP contribution in [0.4, 0.5) is 0 Å². The minimum atomic E-state index is -0.511. The highest BCUT2D eigenvalue weighted by Crippen LogP contribution is 2.66. The summed E-state index contributed by atoms with van der Waals surface area (Å²) in [6.45, 7) is 22.0. The molecule has 0 amide bonds. The van der Waals surface area contributed by atoms with E-state index in [1.165, 1.54) is 33.4 Å². The molecule has 4 aliphatic carbocycles. The van der Waals surface area contributed by atoms with Crippen molar-refractivity contribution in [2.24, 2.45) is 21.7 Å². The van der Waals surface area contributed by atoms with Crippen molar-refractivity contribution < 1.29 is 19.1 Å². The van der Waals surface area contributed by atoms with Crippen molar-refractivity contribution >= 4 is 23.1 Å². The summed E-state index contributed by atoms with van der Waals surface area (Å²) in [5.74, 6) is -1.02. The van der Waals surface area contributed by atoms with Gasteiger partial charge < -0.3 is 9.47 Å². The zero-order valence-corrected chi connectivity index (χ0v) is 25.7. The number of ether oxygens (including phenoxy) is 2. The van der Waals surface area contributed by atoms with Crippen LogP contribution in [0.1, 0.15) is 90.0 Å². The Balaban J connectivity index is 2.04. The largest absolute Gasteiger partial charge is 0.462 e. The topological polar surface area (TPSA) is 52.6 Å². The monoisotopic (exact) mass is 538 g/mol. The van der Waals surface area contributed by atoms with Crippen molar-refractivity contribution in [3.8, 4) is 0 Å². The van der Waals surface area contributed by atoms with Crippen LogP contribution in [-0.4, -0.2) is 25.2 Å². The maximum atomic E-state index is 13.3. The molecule has 0 bridgehead atoms. The van der Waals surface area contributed by atoms with Gasteiger partial charge in [-0.3, -0.25) is 0 Å². The van der Waals surface area contributed by atoms with Crippen molar-refractivity contribution in [2.45, 2.75) is 69.2 Å². The summed E-state index contributed by atoms with van der Waals surface area (Å²) in [5, 5.41) is 1.94. The third-order valence-corrected chi connectivity index (χ3v) is 9.36. The van der Waals surface area contributed by atoms with E-state index in [-0.39, 0.29) is 46.0 Å². The van der Waals surface area contributed by atoms with E-state index in [9.17, 15) is 9.59 Å². The maximum absolute atomic E-state index is 13.3. The minimum Gasteiger partial charge on any atom is -0.462 e. The lowest BCUT2D eigenvalue weighted by Crippen LogP contribution is -2.55. The number of fused-ring (bicyclic) bond motifs is 1. The fourth-order valence-electron chi connectivity index (χ4n) is 6.70. The lowest BCUT2D eigenvalue weighted by atomic mass is 9.45. The van der Waals surface area contributed by atoms with Gasteiger partial charge in [0.05, 0.1) is 24.3 Å². The van der Waals surface area contributed by atoms with Crippen molar-refractivity contribution in [2.75, 3.05) is 13.2 Å². The number of benzene rings is 1. The zero-order chi connectivity index (χ0) is 29.4. The summed E-state index contributed by atoms with van der Waals surface area (Å²) in [7, 11) is 0. The van der Waals surface area contributed by atoms with Crippen molar-refractivity contribution in [1.29, 1.82) is 0 Å². The fourth-order valence-corrected chi connectivity index (χ4v) is 6.70. The molecule has 210 valence electrons. The van der Waals surface area contributed by atoms with Crippen LogP contribution in [-0.2, 0) is 9.47 Å². The Bertz CT molecular complexity index is 1500. The highest BCUT2D eigenvalue weighted by Gasteiger charge is 2.57. The first-order valence-electron chi connectivity index (χ1n) is 14.4. The SMILES string of the molecule is CCOC(=O)c1cc2c(cc1C(=O)OCC)=C1C=C(C(C)(C)C)C=C3C=CC4=CC(C(C)(C)C)=CC=2[C@@]4(C)[C@@]31C. The summed E-state index contributed by atoms with van der Waals surface area (Å²) >= 11 is 0. The molecule has 0 aliphatic heterocycles. The number of carbonyl (C=O) groups is 2. The Hall–Kier alpha value is -3.40. The predicted molar refractivity (Wildman–Crippen MR) is 161 cm³/mol. The number of hydrogen-bond donors (Lipinski definition) is 0. The summed E-state index contributed by atoms with van der Waals surface area (Å²) in [5.41, 5.74) is 6.93. The fraction of sp³-hybridized carbons (Fsp3) is 0.444. The van der Waals surface area contributed by atoms with E-state index in [1.807, 2.05) is 12.1 Å². The van der Waals surface area contributed by atoms with Crippen LogP contribution in [0.5, 0.6) is 0 Å². The molecule has 5 rings (SSSR count). The summed E-state index contributed by atoms with van der Waals surface area (Å²) in [6, 6.07) is 3.76. The van der Waals surface area contributed by atoms with Crippen molar-refractivity contribution in [3.63, 3.8) is 0 Å². The summed E-state index contributed by atoms with van der Waals surface area (Å²) < 4.78 is 10.9. The van der Waals surface area contributed by atoms with Gasteiger partial charge >= 0.3 is 11.9 Å². The number of carbonyl (C=O) groups excluding carboxylic acids is 2. The lowest BCUT2D eigenvalue weighted by molar-refractivity contribution is 0.0478. The molecule has 1 aromatic rings. The van der Waals surface area contributed by atoms with E-state index < -0.39 is 11.9 Å². The Kier molecular flexibility index (Phi) is 6.37. The molecule has 4 nitrogen and oxygen atoms in total. The van der Waals surface area contributed by atoms with Gasteiger partial charge in [-0.25, -0.2) is 9.59 Å². The standard InChI is InChI=1S/C36H42O4/c1-11-39-31(37)27-19-25-26(20-28(27)32(38)40-12-2)30-18-24(34(6,7)8)16-22-14-13-21-15-23(33(3,4)5)17-29(25)35(21,9)36(22,30)10/h13-20H,11-12H2,1-10H3/t35-,36-/m0/s1. The molecule has 4 heteroatoms. The minimum absolute atomic E-state index is 0.0724. The molecule has 0 N–H and O–H groups in total. The Labute approximate surface area is 238 Å². The first-order valence-corrected chi connectivity index (χ1v) is 14.4. The molecule has 0 radical (unpaired) electrons. The molecule has 0 fully saturated rings. The summed E-state index contributed by atoms with van der Waals surface area (Å²) in [4.78, 5) is 26.6. The molecule has 2 atom stereocenters. The third kappa shape index (κ3) is 3.86. The van der Waals surface area contributed by atoms with E-state index >= 15 is 0 Å². The Morgan fingerprint density at radius 2 is 1.00 bits per heavy atom. The van der Waals surface area contributed by atoms with Crippen molar-refractivity contribution in [1.82, 2.24) is 0 Å². The molecule has 0 saturated carbocycles. The number of rotatable bonds is 4. The van der Waals surface area contributed by atoms with Crippen molar-refractivity contribution in [3.05, 3.63) is 92.4 Å². The number of hydrogen-bond acceptors (Lipinski definition) is 4. The van der Waals surface area contributed by atoms with Crippen LogP contribution in [0.15, 0.2) is 70.9 Å². The average Bonchev–Trinajstić information content (AvgIpc) is 2.86. The molecular formula is C36H42O4. The van der Waals surface area contributed by atoms with E-state index in [1.54, 1.807) is 13.8 Å². The van der Waals surface area contributed by atoms with E-state index in [4.69, 9.17) is 9.47 Å². The van der Waals surface area contributed by atoms with Gasteiger partial charge in [-0.2, -0.15) is 0 Å². The molecular weight excluding hydrogens is 496 g/mol. The van der Waals surface area contributed by atoms with Gasteiger partial charge in [0.15, 0.2) is 0 Å². The molecule has 40 heavy (non-hydrogen) atoms. The van der Waals surface area contributed by atoms with Gasteiger partial charge in [-0.1, -0.05) is 91.8 Å². The Morgan fingerprint density at radius 3 is 1.30 bits per heavy atom. The average molecular weight is 539 g/mol. The quantitative estimate of drug-likeness (QED) is 0.398. The molecule has 0 aromatic heterocycles. The van der Waals surface area contributed by atoms with Crippen LogP contribution in [0, 0.1) is 21.7 Å². The molecule has 0 saturated heterocycles. The molecule has 1 aromatic carbocycles. The first kappa shape index (κ1) is 28.1. The van der Waals surface area contributed by atoms with E-state index in [2.05, 4.69) is 91.8 Å². The third-order valence-electron chi connectivity index (χ3n) is 9.36. The van der Waals surface area contributed by atoms with Gasteiger partial charge in [0.25, 0.3) is 0 Å². The van der Waals surface area contributed by atoms with Gasteiger partial charge in [0.1, 0.15) is 0 Å². The van der Waals surface area contributed by atoms with Crippen LogP contribution in [0.2, 0.25) is 0 Å². The second kappa shape index (κ2) is 9.06. The van der Waals surface area contributed by atoms with Crippen LogP contribution >= 0.6 is 0 Å². The first-order chi connectivity index (χ1) is 18.6. The van der Waals surface area contributed by atoms with E-state index in [0.717, 1.165) is 10.4 Å². The maximum Gasteiger partial charge on any atom is 0.339 e. The lowest BCUT2D eigenvalue weighted by Gasteiger charge is -2.57. The van der Waals surface area contributed by atoms with Gasteiger partial charge in [-0.15, -0.1) is 0 Å². The second-order valence-electron chi connectivity index (χ2n) is 13.7. The normalized spacial score (nSPS) is 24.8. The van der Waals surface area contributed by atoms with Gasteiger partial charge in [-0.05, 0) is 80.7 Å². The molecule has 4 aliphatic rings. The molecule has 0 heterocycles. The summed E-state index contributed by atoms with van der Waals surface area (Å²) in [6.07, 6.45) is 13.9. The second-order valence-corrected chi connectivity index (χ2v) is 13.7. The highest BCUT2D eigenvalue weighted by atomic mass is 16.5. The highest BCUT2D eigenvalue weighted by molar-refractivity contribution is 6.04. The predicted octanol–water partition coefficient (Wildman–Crippen LogP) is 6.76. The number of esters is 2. The van der Waals surface area contributed by atoms with Gasteiger partial charge in [0, 0.05) is 10.8 Å². The smallest absolute Gasteiger partial charge is 0.339 e. The van der Waals surface area contributed by atoms with Crippen LogP contribution in [0.25, 0.3) is 11.1 Å².